The summed E-state index contributed by atoms with van der Waals surface area (Å²) in [5.74, 6) is 0. The number of nitrogens with one attached hydrogen (secondary N) is 1. The van der Waals surface area contributed by atoms with Gasteiger partial charge in [-0.15, -0.1) is 0 Å². The van der Waals surface area contributed by atoms with Crippen molar-refractivity contribution < 1.29 is 0 Å². The highest BCUT2D eigenvalue weighted by atomic mass is 14.9. The minimum Gasteiger partial charge on any atom is -0.366 e. The van der Waals surface area contributed by atoms with Crippen molar-refractivity contribution in [2.45, 2.75) is 20.4 Å². The first-order chi connectivity index (χ1) is 14.1. The molecule has 0 aliphatic rings. The van der Waals surface area contributed by atoms with E-state index in [-0.39, 0.29) is 0 Å². The van der Waals surface area contributed by atoms with Gasteiger partial charge in [-0.25, -0.2) is 0 Å². The van der Waals surface area contributed by atoms with E-state index in [1.165, 1.54) is 55.1 Å². The van der Waals surface area contributed by atoms with Crippen LogP contribution in [-0.4, -0.2) is 9.55 Å². The van der Waals surface area contributed by atoms with Gasteiger partial charge in [-0.3, -0.25) is 0 Å². The fraction of sp³-hybridized carbons (Fsp3) is 0.154. The normalized spacial score (nSPS) is 11.6. The van der Waals surface area contributed by atoms with Gasteiger partial charge in [-0.1, -0.05) is 42.5 Å². The van der Waals surface area contributed by atoms with Gasteiger partial charge in [-0.2, -0.15) is 0 Å². The summed E-state index contributed by atoms with van der Waals surface area (Å²) in [6.07, 6.45) is 6.49. The number of aromatic nitrogens is 2. The van der Waals surface area contributed by atoms with Gasteiger partial charge in [-0.05, 0) is 52.9 Å². The predicted molar refractivity (Wildman–Crippen MR) is 123 cm³/mol. The average molecular weight is 380 g/mol. The number of rotatable bonds is 3. The first kappa shape index (κ1) is 17.8. The van der Waals surface area contributed by atoms with Crippen molar-refractivity contribution in [2.24, 2.45) is 12.8 Å². The van der Waals surface area contributed by atoms with E-state index >= 15 is 0 Å². The van der Waals surface area contributed by atoms with E-state index in [0.29, 0.717) is 6.54 Å². The van der Waals surface area contributed by atoms with Crippen molar-refractivity contribution >= 4 is 21.7 Å². The first-order valence-electron chi connectivity index (χ1n) is 10.0. The Hall–Kier alpha value is -3.30. The molecule has 0 bridgehead atoms. The summed E-state index contributed by atoms with van der Waals surface area (Å²) in [6, 6.07) is 17.5. The smallest absolute Gasteiger partial charge is 0.0513 e. The fourth-order valence-corrected chi connectivity index (χ4v) is 4.64. The minimum absolute atomic E-state index is 0.548. The molecule has 3 heteroatoms. The Morgan fingerprint density at radius 1 is 0.862 bits per heavy atom. The lowest BCUT2D eigenvalue weighted by atomic mass is 9.90. The third-order valence-electron chi connectivity index (χ3n) is 6.04. The molecule has 0 spiro atoms. The molecule has 29 heavy (non-hydrogen) atoms. The number of nitrogens with zero attached hydrogens (tertiary/aromatic N) is 1. The van der Waals surface area contributed by atoms with Crippen LogP contribution in [-0.2, 0) is 13.6 Å². The minimum atomic E-state index is 0.548. The number of aryl methyl sites for hydroxylation is 3. The SMILES string of the molecule is Cc1ccc2ccc(CN)cc2c1-c1c[nH]cc1-c1cn(C)c2c(C)cccc12. The van der Waals surface area contributed by atoms with Gasteiger partial charge in [0.1, 0.15) is 0 Å². The Kier molecular flexibility index (Phi) is 4.07. The number of para-hydroxylation sites is 1. The lowest BCUT2D eigenvalue weighted by Crippen LogP contribution is -1.96. The fourth-order valence-electron chi connectivity index (χ4n) is 4.64. The summed E-state index contributed by atoms with van der Waals surface area (Å²) in [5, 5.41) is 3.78. The molecule has 0 atom stereocenters. The van der Waals surface area contributed by atoms with Crippen LogP contribution in [0, 0.1) is 13.8 Å². The van der Waals surface area contributed by atoms with Crippen LogP contribution >= 0.6 is 0 Å². The Labute approximate surface area is 170 Å². The molecule has 2 heterocycles. The number of hydrogen-bond acceptors (Lipinski definition) is 1. The zero-order valence-electron chi connectivity index (χ0n) is 17.1. The number of H-pyrrole nitrogens is 1. The van der Waals surface area contributed by atoms with Crippen LogP contribution in [0.5, 0.6) is 0 Å². The lowest BCUT2D eigenvalue weighted by Gasteiger charge is -2.13. The number of hydrogen-bond donors (Lipinski definition) is 2. The molecule has 0 radical (unpaired) electrons. The first-order valence-corrected chi connectivity index (χ1v) is 10.0. The summed E-state index contributed by atoms with van der Waals surface area (Å²) in [7, 11) is 2.13. The monoisotopic (exact) mass is 379 g/mol. The van der Waals surface area contributed by atoms with E-state index in [0.717, 1.165) is 5.56 Å². The van der Waals surface area contributed by atoms with E-state index in [2.05, 4.69) is 97.6 Å². The molecule has 2 aromatic heterocycles. The number of benzene rings is 3. The Bertz CT molecular complexity index is 1370. The van der Waals surface area contributed by atoms with Crippen molar-refractivity contribution in [3.05, 3.63) is 83.8 Å². The molecule has 0 saturated carbocycles. The maximum Gasteiger partial charge on any atom is 0.0513 e. The highest BCUT2D eigenvalue weighted by Gasteiger charge is 2.18. The van der Waals surface area contributed by atoms with E-state index in [1.54, 1.807) is 0 Å². The Morgan fingerprint density at radius 2 is 1.66 bits per heavy atom. The third kappa shape index (κ3) is 2.70. The van der Waals surface area contributed by atoms with E-state index < -0.39 is 0 Å². The largest absolute Gasteiger partial charge is 0.366 e. The van der Waals surface area contributed by atoms with Crippen LogP contribution in [0.2, 0.25) is 0 Å². The molecule has 0 aliphatic carbocycles. The van der Waals surface area contributed by atoms with E-state index in [9.17, 15) is 0 Å². The number of nitrogens with two attached hydrogens (primary N) is 1. The van der Waals surface area contributed by atoms with Crippen LogP contribution in [0.15, 0.2) is 67.1 Å². The molecule has 3 nitrogen and oxygen atoms in total. The molecule has 3 N–H and O–H groups in total. The molecule has 5 aromatic rings. The van der Waals surface area contributed by atoms with Crippen LogP contribution in [0.25, 0.3) is 43.9 Å². The third-order valence-corrected chi connectivity index (χ3v) is 6.04. The van der Waals surface area contributed by atoms with Crippen molar-refractivity contribution in [3.63, 3.8) is 0 Å². The highest BCUT2D eigenvalue weighted by molar-refractivity contribution is 6.06. The highest BCUT2D eigenvalue weighted by Crippen LogP contribution is 2.41. The van der Waals surface area contributed by atoms with Crippen LogP contribution in [0.1, 0.15) is 16.7 Å². The van der Waals surface area contributed by atoms with E-state index in [1.807, 2.05) is 0 Å². The second-order valence-corrected chi connectivity index (χ2v) is 7.92. The summed E-state index contributed by atoms with van der Waals surface area (Å²) in [5.41, 5.74) is 15.9. The van der Waals surface area contributed by atoms with Gasteiger partial charge in [0.2, 0.25) is 0 Å². The zero-order chi connectivity index (χ0) is 20.1. The lowest BCUT2D eigenvalue weighted by molar-refractivity contribution is 0.965. The second-order valence-electron chi connectivity index (χ2n) is 7.92. The molecule has 0 unspecified atom stereocenters. The quantitative estimate of drug-likeness (QED) is 0.393. The molecule has 5 rings (SSSR count). The van der Waals surface area contributed by atoms with Gasteiger partial charge in [0.25, 0.3) is 0 Å². The van der Waals surface area contributed by atoms with E-state index in [4.69, 9.17) is 5.73 Å². The van der Waals surface area contributed by atoms with Gasteiger partial charge in [0.05, 0.1) is 5.52 Å². The van der Waals surface area contributed by atoms with Gasteiger partial charge >= 0.3 is 0 Å². The molecular weight excluding hydrogens is 354 g/mol. The maximum atomic E-state index is 5.94. The van der Waals surface area contributed by atoms with Crippen LogP contribution < -0.4 is 5.73 Å². The molecule has 3 aromatic carbocycles. The molecular formula is C26H25N3. The van der Waals surface area contributed by atoms with Crippen molar-refractivity contribution in [1.29, 1.82) is 0 Å². The Balaban J connectivity index is 1.82. The predicted octanol–water partition coefficient (Wildman–Crippen LogP) is 6.07. The van der Waals surface area contributed by atoms with Crippen molar-refractivity contribution in [1.82, 2.24) is 9.55 Å². The topological polar surface area (TPSA) is 46.7 Å². The van der Waals surface area contributed by atoms with Crippen LogP contribution in [0.4, 0.5) is 0 Å². The van der Waals surface area contributed by atoms with Crippen molar-refractivity contribution in [2.75, 3.05) is 0 Å². The summed E-state index contributed by atoms with van der Waals surface area (Å²) in [4.78, 5) is 3.37. The summed E-state index contributed by atoms with van der Waals surface area (Å²) in [6.45, 7) is 4.91. The Morgan fingerprint density at radius 3 is 2.48 bits per heavy atom. The van der Waals surface area contributed by atoms with Crippen LogP contribution in [0.3, 0.4) is 0 Å². The zero-order valence-corrected chi connectivity index (χ0v) is 17.1. The number of fused-ring (bicyclic) bond motifs is 2. The molecule has 0 amide bonds. The van der Waals surface area contributed by atoms with Gasteiger partial charge in [0.15, 0.2) is 0 Å². The molecule has 0 fully saturated rings. The summed E-state index contributed by atoms with van der Waals surface area (Å²) < 4.78 is 2.24. The number of aromatic amines is 1. The second kappa shape index (κ2) is 6.64. The standard InChI is InChI=1S/C26H25N3/c1-16-7-9-19-10-8-18(12-27)11-21(19)25(16)23-14-28-13-22(23)24-15-29(3)26-17(2)5-4-6-20(24)26/h4-11,13-15,28H,12,27H2,1-3H3. The van der Waals surface area contributed by atoms with Gasteiger partial charge in [0, 0.05) is 54.3 Å². The molecule has 0 saturated heterocycles. The maximum absolute atomic E-state index is 5.94. The molecule has 144 valence electrons. The average Bonchev–Trinajstić information content (AvgIpc) is 3.32. The van der Waals surface area contributed by atoms with Crippen molar-refractivity contribution in [3.8, 4) is 22.3 Å². The van der Waals surface area contributed by atoms with Gasteiger partial charge < -0.3 is 15.3 Å². The summed E-state index contributed by atoms with van der Waals surface area (Å²) >= 11 is 0. The molecule has 0 aliphatic heterocycles.